The summed E-state index contributed by atoms with van der Waals surface area (Å²) in [4.78, 5) is 15.0. The average molecular weight is 288 g/mol. The molecule has 0 radical (unpaired) electrons. The molecule has 2 heterocycles. The molecule has 2 unspecified atom stereocenters. The highest BCUT2D eigenvalue weighted by molar-refractivity contribution is 9.10. The van der Waals surface area contributed by atoms with Gasteiger partial charge in [0.05, 0.1) is 11.7 Å². The van der Waals surface area contributed by atoms with E-state index in [9.17, 15) is 9.18 Å². The molecular formula is C10H11BrFN3O. The SMILES string of the molecule is NC(=O)C1CC(F)(c2cccc(Br)n2)CN1. The summed E-state index contributed by atoms with van der Waals surface area (Å²) in [5.41, 5.74) is 3.83. The number of aromatic nitrogens is 1. The Bertz CT molecular complexity index is 428. The van der Waals surface area contributed by atoms with E-state index >= 15 is 0 Å². The summed E-state index contributed by atoms with van der Waals surface area (Å²) in [6.45, 7) is 0.0596. The summed E-state index contributed by atoms with van der Waals surface area (Å²) >= 11 is 3.19. The normalized spacial score (nSPS) is 29.2. The van der Waals surface area contributed by atoms with E-state index in [0.717, 1.165) is 0 Å². The van der Waals surface area contributed by atoms with Crippen molar-refractivity contribution < 1.29 is 9.18 Å². The first kappa shape index (κ1) is 11.5. The van der Waals surface area contributed by atoms with E-state index in [1.54, 1.807) is 18.2 Å². The Labute approximate surface area is 101 Å². The van der Waals surface area contributed by atoms with E-state index in [4.69, 9.17) is 5.73 Å². The molecule has 3 N–H and O–H groups in total. The van der Waals surface area contributed by atoms with Gasteiger partial charge in [-0.25, -0.2) is 9.37 Å². The average Bonchev–Trinajstić information content (AvgIpc) is 2.63. The molecule has 1 aromatic heterocycles. The number of hydrogen-bond acceptors (Lipinski definition) is 3. The highest BCUT2D eigenvalue weighted by Crippen LogP contribution is 2.34. The number of nitrogens with one attached hydrogen (secondary N) is 1. The molecule has 2 rings (SSSR count). The van der Waals surface area contributed by atoms with E-state index in [1.807, 2.05) is 0 Å². The van der Waals surface area contributed by atoms with Crippen LogP contribution in [-0.4, -0.2) is 23.5 Å². The van der Waals surface area contributed by atoms with Crippen LogP contribution in [0.2, 0.25) is 0 Å². The quantitative estimate of drug-likeness (QED) is 0.793. The minimum Gasteiger partial charge on any atom is -0.368 e. The molecule has 6 heteroatoms. The number of nitrogens with zero attached hydrogens (tertiary/aromatic N) is 1. The van der Waals surface area contributed by atoms with Crippen molar-refractivity contribution in [1.82, 2.24) is 10.3 Å². The first-order valence-electron chi connectivity index (χ1n) is 4.86. The van der Waals surface area contributed by atoms with E-state index in [-0.39, 0.29) is 13.0 Å². The van der Waals surface area contributed by atoms with Gasteiger partial charge in [0, 0.05) is 13.0 Å². The van der Waals surface area contributed by atoms with Gasteiger partial charge in [-0.15, -0.1) is 0 Å². The maximum absolute atomic E-state index is 14.5. The highest BCUT2D eigenvalue weighted by atomic mass is 79.9. The third kappa shape index (κ3) is 2.08. The van der Waals surface area contributed by atoms with Crippen molar-refractivity contribution in [3.8, 4) is 0 Å². The number of nitrogens with two attached hydrogens (primary N) is 1. The number of pyridine rings is 1. The van der Waals surface area contributed by atoms with Crippen molar-refractivity contribution in [2.24, 2.45) is 5.73 Å². The Morgan fingerprint density at radius 3 is 3.00 bits per heavy atom. The standard InChI is InChI=1S/C10H11BrFN3O/c11-8-3-1-2-7(15-8)10(12)4-6(9(13)16)14-5-10/h1-3,6,14H,4-5H2,(H2,13,16). The van der Waals surface area contributed by atoms with Crippen LogP contribution >= 0.6 is 15.9 Å². The lowest BCUT2D eigenvalue weighted by molar-refractivity contribution is -0.119. The molecule has 0 bridgehead atoms. The van der Waals surface area contributed by atoms with Gasteiger partial charge in [0.25, 0.3) is 0 Å². The van der Waals surface area contributed by atoms with E-state index in [0.29, 0.717) is 10.3 Å². The van der Waals surface area contributed by atoms with Gasteiger partial charge in [0.2, 0.25) is 5.91 Å². The van der Waals surface area contributed by atoms with E-state index in [2.05, 4.69) is 26.2 Å². The molecule has 1 amide bonds. The summed E-state index contributed by atoms with van der Waals surface area (Å²) in [7, 11) is 0. The van der Waals surface area contributed by atoms with Crippen molar-refractivity contribution in [1.29, 1.82) is 0 Å². The van der Waals surface area contributed by atoms with Crippen molar-refractivity contribution in [2.45, 2.75) is 18.1 Å². The van der Waals surface area contributed by atoms with E-state index in [1.165, 1.54) is 0 Å². The van der Waals surface area contributed by atoms with Crippen molar-refractivity contribution >= 4 is 21.8 Å². The first-order valence-corrected chi connectivity index (χ1v) is 5.65. The number of alkyl halides is 1. The summed E-state index contributed by atoms with van der Waals surface area (Å²) < 4.78 is 15.1. The zero-order valence-electron chi connectivity index (χ0n) is 8.41. The van der Waals surface area contributed by atoms with E-state index < -0.39 is 17.6 Å². The third-order valence-electron chi connectivity index (χ3n) is 2.67. The minimum atomic E-state index is -1.62. The smallest absolute Gasteiger partial charge is 0.234 e. The summed E-state index contributed by atoms with van der Waals surface area (Å²) in [5, 5.41) is 2.76. The minimum absolute atomic E-state index is 0.0335. The molecule has 4 nitrogen and oxygen atoms in total. The number of rotatable bonds is 2. The molecule has 1 saturated heterocycles. The molecule has 1 aliphatic heterocycles. The van der Waals surface area contributed by atoms with Crippen LogP contribution in [0.1, 0.15) is 12.1 Å². The topological polar surface area (TPSA) is 68.0 Å². The number of primary amides is 1. The fourth-order valence-corrected chi connectivity index (χ4v) is 2.15. The number of amides is 1. The molecular weight excluding hydrogens is 277 g/mol. The predicted molar refractivity (Wildman–Crippen MR) is 60.3 cm³/mol. The zero-order valence-corrected chi connectivity index (χ0v) is 10.00. The Balaban J connectivity index is 2.24. The van der Waals surface area contributed by atoms with Crippen LogP contribution in [-0.2, 0) is 10.5 Å². The molecule has 0 spiro atoms. The van der Waals surface area contributed by atoms with Crippen LogP contribution in [0, 0.1) is 0 Å². The van der Waals surface area contributed by atoms with Crippen LogP contribution < -0.4 is 11.1 Å². The van der Waals surface area contributed by atoms with Gasteiger partial charge in [-0.05, 0) is 28.1 Å². The van der Waals surface area contributed by atoms with Gasteiger partial charge in [0.1, 0.15) is 4.60 Å². The Kier molecular flexibility index (Phi) is 2.94. The molecule has 0 aliphatic carbocycles. The third-order valence-corrected chi connectivity index (χ3v) is 3.12. The summed E-state index contributed by atoms with van der Waals surface area (Å²) in [6.07, 6.45) is 0.0335. The Morgan fingerprint density at radius 1 is 1.69 bits per heavy atom. The summed E-state index contributed by atoms with van der Waals surface area (Å²) in [5.74, 6) is -0.533. The van der Waals surface area contributed by atoms with Crippen molar-refractivity contribution in [3.63, 3.8) is 0 Å². The number of carbonyl (C=O) groups is 1. The molecule has 2 atom stereocenters. The second-order valence-corrected chi connectivity index (χ2v) is 4.66. The van der Waals surface area contributed by atoms with Crippen LogP contribution in [0.3, 0.4) is 0 Å². The molecule has 16 heavy (non-hydrogen) atoms. The van der Waals surface area contributed by atoms with Gasteiger partial charge < -0.3 is 11.1 Å². The van der Waals surface area contributed by atoms with Crippen LogP contribution in [0.15, 0.2) is 22.8 Å². The molecule has 1 aliphatic rings. The van der Waals surface area contributed by atoms with Gasteiger partial charge in [0.15, 0.2) is 5.67 Å². The van der Waals surface area contributed by atoms with Crippen LogP contribution in [0.25, 0.3) is 0 Å². The van der Waals surface area contributed by atoms with Crippen LogP contribution in [0.5, 0.6) is 0 Å². The Morgan fingerprint density at radius 2 is 2.44 bits per heavy atom. The number of halogens is 2. The lowest BCUT2D eigenvalue weighted by Gasteiger charge is -2.17. The first-order chi connectivity index (χ1) is 7.51. The number of carbonyl (C=O) groups excluding carboxylic acids is 1. The maximum Gasteiger partial charge on any atom is 0.234 e. The van der Waals surface area contributed by atoms with Gasteiger partial charge in [-0.3, -0.25) is 4.79 Å². The van der Waals surface area contributed by atoms with Gasteiger partial charge >= 0.3 is 0 Å². The molecule has 1 fully saturated rings. The second kappa shape index (κ2) is 4.10. The van der Waals surface area contributed by atoms with Crippen molar-refractivity contribution in [2.75, 3.05) is 6.54 Å². The molecule has 0 saturated carbocycles. The fraction of sp³-hybridized carbons (Fsp3) is 0.400. The lowest BCUT2D eigenvalue weighted by Crippen LogP contribution is -2.36. The zero-order chi connectivity index (χ0) is 11.8. The Hall–Kier alpha value is -1.01. The molecule has 0 aromatic carbocycles. The number of hydrogen-bond donors (Lipinski definition) is 2. The fourth-order valence-electron chi connectivity index (χ4n) is 1.81. The largest absolute Gasteiger partial charge is 0.368 e. The predicted octanol–water partition coefficient (Wildman–Crippen LogP) is 0.856. The summed E-state index contributed by atoms with van der Waals surface area (Å²) in [6, 6.07) is 4.42. The second-order valence-electron chi connectivity index (χ2n) is 3.85. The molecule has 1 aromatic rings. The highest BCUT2D eigenvalue weighted by Gasteiger charge is 2.43. The van der Waals surface area contributed by atoms with Crippen molar-refractivity contribution in [3.05, 3.63) is 28.5 Å². The van der Waals surface area contributed by atoms with Crippen LogP contribution in [0.4, 0.5) is 4.39 Å². The van der Waals surface area contributed by atoms with Gasteiger partial charge in [-0.2, -0.15) is 0 Å². The lowest BCUT2D eigenvalue weighted by atomic mass is 9.97. The maximum atomic E-state index is 14.5. The van der Waals surface area contributed by atoms with Gasteiger partial charge in [-0.1, -0.05) is 6.07 Å². The monoisotopic (exact) mass is 287 g/mol. The molecule has 86 valence electrons.